The lowest BCUT2D eigenvalue weighted by molar-refractivity contribution is -0.120. The van der Waals surface area contributed by atoms with Gasteiger partial charge in [0.1, 0.15) is 19.8 Å². The van der Waals surface area contributed by atoms with Gasteiger partial charge < -0.3 is 14.8 Å². The molecule has 0 saturated heterocycles. The SMILES string of the molecule is C[C@@H](NC(=O)CN(c1ccc(Br)cc1)S(C)(=O)=O)c1ccc2c(c1)OCCO2. The molecule has 9 heteroatoms. The van der Waals surface area contributed by atoms with Crippen molar-refractivity contribution in [2.45, 2.75) is 13.0 Å². The third kappa shape index (κ3) is 4.96. The van der Waals surface area contributed by atoms with Gasteiger partial charge in [0.25, 0.3) is 0 Å². The molecule has 3 rings (SSSR count). The lowest BCUT2D eigenvalue weighted by atomic mass is 10.1. The van der Waals surface area contributed by atoms with Gasteiger partial charge in [-0.15, -0.1) is 0 Å². The molecule has 1 amide bonds. The second-order valence-electron chi connectivity index (χ2n) is 6.44. The van der Waals surface area contributed by atoms with Gasteiger partial charge in [0.2, 0.25) is 15.9 Å². The molecule has 2 aromatic rings. The lowest BCUT2D eigenvalue weighted by Crippen LogP contribution is -2.41. The molecule has 7 nitrogen and oxygen atoms in total. The monoisotopic (exact) mass is 468 g/mol. The normalized spacial score (nSPS) is 14.2. The zero-order chi connectivity index (χ0) is 20.3. The Hall–Kier alpha value is -2.26. The van der Waals surface area contributed by atoms with Crippen molar-refractivity contribution in [1.29, 1.82) is 0 Å². The molecule has 0 spiro atoms. The molecule has 1 aliphatic heterocycles. The van der Waals surface area contributed by atoms with Crippen molar-refractivity contribution in [2.75, 3.05) is 30.3 Å². The number of hydrogen-bond acceptors (Lipinski definition) is 5. The van der Waals surface area contributed by atoms with Crippen molar-refractivity contribution in [1.82, 2.24) is 5.32 Å². The van der Waals surface area contributed by atoms with Crippen LogP contribution in [0.5, 0.6) is 11.5 Å². The van der Waals surface area contributed by atoms with Crippen LogP contribution < -0.4 is 19.1 Å². The zero-order valence-corrected chi connectivity index (χ0v) is 17.9. The number of fused-ring (bicyclic) bond motifs is 1. The molecule has 0 aliphatic carbocycles. The minimum Gasteiger partial charge on any atom is -0.486 e. The summed E-state index contributed by atoms with van der Waals surface area (Å²) in [5, 5.41) is 2.84. The summed E-state index contributed by atoms with van der Waals surface area (Å²) in [4.78, 5) is 12.5. The van der Waals surface area contributed by atoms with Crippen LogP contribution in [-0.2, 0) is 14.8 Å². The van der Waals surface area contributed by atoms with Gasteiger partial charge in [-0.2, -0.15) is 0 Å². The van der Waals surface area contributed by atoms with Crippen molar-refractivity contribution in [3.8, 4) is 11.5 Å². The van der Waals surface area contributed by atoms with Gasteiger partial charge in [-0.1, -0.05) is 22.0 Å². The van der Waals surface area contributed by atoms with Crippen LogP contribution in [-0.4, -0.2) is 40.3 Å². The molecular weight excluding hydrogens is 448 g/mol. The fourth-order valence-electron chi connectivity index (χ4n) is 2.84. The molecular formula is C19H21BrN2O5S. The molecule has 0 fully saturated rings. The van der Waals surface area contributed by atoms with Crippen LogP contribution >= 0.6 is 15.9 Å². The first-order valence-electron chi connectivity index (χ1n) is 8.66. The molecule has 2 aromatic carbocycles. The van der Waals surface area contributed by atoms with E-state index in [2.05, 4.69) is 21.2 Å². The number of nitrogens with one attached hydrogen (secondary N) is 1. The van der Waals surface area contributed by atoms with E-state index in [0.717, 1.165) is 20.6 Å². The largest absolute Gasteiger partial charge is 0.486 e. The van der Waals surface area contributed by atoms with Crippen LogP contribution in [0.4, 0.5) is 5.69 Å². The maximum absolute atomic E-state index is 12.5. The number of halogens is 1. The predicted octanol–water partition coefficient (Wildman–Crippen LogP) is 2.86. The summed E-state index contributed by atoms with van der Waals surface area (Å²) < 4.78 is 37.3. The summed E-state index contributed by atoms with van der Waals surface area (Å²) in [5.74, 6) is 0.903. The van der Waals surface area contributed by atoms with Gasteiger partial charge in [-0.3, -0.25) is 9.10 Å². The van der Waals surface area contributed by atoms with E-state index in [1.54, 1.807) is 30.3 Å². The number of carbonyl (C=O) groups is 1. The molecule has 150 valence electrons. The first-order chi connectivity index (χ1) is 13.2. The van der Waals surface area contributed by atoms with Crippen LogP contribution in [0.3, 0.4) is 0 Å². The summed E-state index contributed by atoms with van der Waals surface area (Å²) >= 11 is 3.31. The number of nitrogens with zero attached hydrogens (tertiary/aromatic N) is 1. The molecule has 1 heterocycles. The molecule has 1 atom stereocenters. The van der Waals surface area contributed by atoms with Crippen molar-refractivity contribution >= 4 is 37.5 Å². The highest BCUT2D eigenvalue weighted by Crippen LogP contribution is 2.32. The predicted molar refractivity (Wildman–Crippen MR) is 110 cm³/mol. The Labute approximate surface area is 172 Å². The number of ether oxygens (including phenoxy) is 2. The average molecular weight is 469 g/mol. The van der Waals surface area contributed by atoms with E-state index in [9.17, 15) is 13.2 Å². The van der Waals surface area contributed by atoms with Crippen molar-refractivity contribution in [3.63, 3.8) is 0 Å². The third-order valence-corrected chi connectivity index (χ3v) is 5.92. The van der Waals surface area contributed by atoms with E-state index in [0.29, 0.717) is 30.4 Å². The quantitative estimate of drug-likeness (QED) is 0.704. The van der Waals surface area contributed by atoms with Crippen LogP contribution in [0.1, 0.15) is 18.5 Å². The van der Waals surface area contributed by atoms with E-state index >= 15 is 0 Å². The molecule has 1 N–H and O–H groups in total. The van der Waals surface area contributed by atoms with E-state index in [1.807, 2.05) is 19.1 Å². The Morgan fingerprint density at radius 3 is 2.43 bits per heavy atom. The van der Waals surface area contributed by atoms with Gasteiger partial charge in [0.05, 0.1) is 18.0 Å². The molecule has 1 aliphatic rings. The van der Waals surface area contributed by atoms with Gasteiger partial charge in [-0.05, 0) is 48.9 Å². The highest BCUT2D eigenvalue weighted by atomic mass is 79.9. The van der Waals surface area contributed by atoms with Crippen LogP contribution in [0.2, 0.25) is 0 Å². The average Bonchev–Trinajstić information content (AvgIpc) is 2.65. The minimum atomic E-state index is -3.62. The maximum Gasteiger partial charge on any atom is 0.241 e. The highest BCUT2D eigenvalue weighted by molar-refractivity contribution is 9.10. The van der Waals surface area contributed by atoms with E-state index in [1.165, 1.54) is 0 Å². The molecule has 0 unspecified atom stereocenters. The zero-order valence-electron chi connectivity index (χ0n) is 15.5. The molecule has 28 heavy (non-hydrogen) atoms. The summed E-state index contributed by atoms with van der Waals surface area (Å²) in [7, 11) is -3.62. The van der Waals surface area contributed by atoms with E-state index in [-0.39, 0.29) is 12.6 Å². The van der Waals surface area contributed by atoms with Gasteiger partial charge >= 0.3 is 0 Å². The Balaban J connectivity index is 1.71. The number of amides is 1. The van der Waals surface area contributed by atoms with Gasteiger partial charge in [-0.25, -0.2) is 8.42 Å². The Kier molecular flexibility index (Phi) is 6.14. The number of anilines is 1. The van der Waals surface area contributed by atoms with E-state index in [4.69, 9.17) is 9.47 Å². The van der Waals surface area contributed by atoms with Gasteiger partial charge in [0, 0.05) is 4.47 Å². The van der Waals surface area contributed by atoms with Crippen molar-refractivity contribution < 1.29 is 22.7 Å². The molecule has 0 saturated carbocycles. The number of hydrogen-bond donors (Lipinski definition) is 1. The maximum atomic E-state index is 12.5. The topological polar surface area (TPSA) is 84.9 Å². The number of sulfonamides is 1. The summed E-state index contributed by atoms with van der Waals surface area (Å²) in [6.45, 7) is 2.51. The Bertz CT molecular complexity index is 963. The number of benzene rings is 2. The fourth-order valence-corrected chi connectivity index (χ4v) is 3.96. The van der Waals surface area contributed by atoms with E-state index < -0.39 is 15.9 Å². The second-order valence-corrected chi connectivity index (χ2v) is 9.26. The number of rotatable bonds is 6. The highest BCUT2D eigenvalue weighted by Gasteiger charge is 2.22. The van der Waals surface area contributed by atoms with Crippen molar-refractivity contribution in [3.05, 3.63) is 52.5 Å². The molecule has 0 radical (unpaired) electrons. The smallest absolute Gasteiger partial charge is 0.241 e. The van der Waals surface area contributed by atoms with Crippen LogP contribution in [0, 0.1) is 0 Å². The Morgan fingerprint density at radius 2 is 1.79 bits per heavy atom. The van der Waals surface area contributed by atoms with Gasteiger partial charge in [0.15, 0.2) is 11.5 Å². The molecule has 0 bridgehead atoms. The first kappa shape index (κ1) is 20.5. The molecule has 0 aromatic heterocycles. The lowest BCUT2D eigenvalue weighted by Gasteiger charge is -2.24. The van der Waals surface area contributed by atoms with Crippen LogP contribution in [0.25, 0.3) is 0 Å². The summed E-state index contributed by atoms with van der Waals surface area (Å²) in [5.41, 5.74) is 1.26. The summed E-state index contributed by atoms with van der Waals surface area (Å²) in [6.07, 6.45) is 1.08. The Morgan fingerprint density at radius 1 is 1.14 bits per heavy atom. The van der Waals surface area contributed by atoms with Crippen molar-refractivity contribution in [2.24, 2.45) is 0 Å². The minimum absolute atomic E-state index is 0.310. The fraction of sp³-hybridized carbons (Fsp3) is 0.316. The summed E-state index contributed by atoms with van der Waals surface area (Å²) in [6, 6.07) is 11.9. The first-order valence-corrected chi connectivity index (χ1v) is 11.3. The second kappa shape index (κ2) is 8.40. The standard InChI is InChI=1S/C19H21BrN2O5S/c1-13(14-3-8-17-18(11-14)27-10-9-26-17)21-19(23)12-22(28(2,24)25)16-6-4-15(20)5-7-16/h3-8,11,13H,9-10,12H2,1-2H3,(H,21,23)/t13-/m1/s1. The third-order valence-electron chi connectivity index (χ3n) is 4.25. The number of carbonyl (C=O) groups excluding carboxylic acids is 1. The van der Waals surface area contributed by atoms with Crippen LogP contribution in [0.15, 0.2) is 46.9 Å².